The van der Waals surface area contributed by atoms with Gasteiger partial charge in [0.1, 0.15) is 23.0 Å². The topological polar surface area (TPSA) is 80.9 Å². The third-order valence-corrected chi connectivity index (χ3v) is 6.81. The average molecular weight is 499 g/mol. The molecule has 0 unspecified atom stereocenters. The maximum absolute atomic E-state index is 9.43. The van der Waals surface area contributed by atoms with E-state index in [2.05, 4.69) is 13.8 Å². The summed E-state index contributed by atoms with van der Waals surface area (Å²) < 4.78 is 0. The molecule has 0 saturated heterocycles. The van der Waals surface area contributed by atoms with Crippen molar-refractivity contribution in [2.75, 3.05) is 0 Å². The molecule has 37 heavy (non-hydrogen) atoms. The molecule has 0 aromatic heterocycles. The van der Waals surface area contributed by atoms with Crippen LogP contribution in [0.2, 0.25) is 0 Å². The minimum absolute atomic E-state index is 0.101. The lowest BCUT2D eigenvalue weighted by Gasteiger charge is -2.31. The van der Waals surface area contributed by atoms with Crippen LogP contribution in [-0.2, 0) is 18.3 Å². The highest BCUT2D eigenvalue weighted by Gasteiger charge is 2.27. The van der Waals surface area contributed by atoms with Crippen LogP contribution < -0.4 is 0 Å². The van der Waals surface area contributed by atoms with Crippen LogP contribution in [0.25, 0.3) is 0 Å². The minimum atomic E-state index is -0.101. The summed E-state index contributed by atoms with van der Waals surface area (Å²) in [7, 11) is 0. The van der Waals surface area contributed by atoms with Crippen molar-refractivity contribution in [3.8, 4) is 23.0 Å². The number of hydrogen-bond acceptors (Lipinski definition) is 4. The Balaban J connectivity index is 0.000000206. The molecule has 0 atom stereocenters. The maximum atomic E-state index is 9.43. The van der Waals surface area contributed by atoms with Gasteiger partial charge in [0.25, 0.3) is 0 Å². The molecule has 0 saturated carbocycles. The molecular formula is C33H38O4. The molecule has 0 fully saturated rings. The van der Waals surface area contributed by atoms with E-state index in [1.54, 1.807) is 48.5 Å². The summed E-state index contributed by atoms with van der Waals surface area (Å²) >= 11 is 0. The molecule has 0 heterocycles. The van der Waals surface area contributed by atoms with Gasteiger partial charge in [-0.2, -0.15) is 0 Å². The number of phenolic OH excluding ortho intramolecular Hbond substituents is 4. The van der Waals surface area contributed by atoms with Crippen LogP contribution in [0.5, 0.6) is 23.0 Å². The molecule has 4 N–H and O–H groups in total. The van der Waals surface area contributed by atoms with Crippen LogP contribution in [0.1, 0.15) is 61.8 Å². The van der Waals surface area contributed by atoms with E-state index in [4.69, 9.17) is 0 Å². The molecule has 0 bridgehead atoms. The first-order chi connectivity index (χ1) is 17.8. The first-order valence-corrected chi connectivity index (χ1v) is 12.9. The number of aromatic hydroxyl groups is 4. The predicted molar refractivity (Wildman–Crippen MR) is 150 cm³/mol. The Morgan fingerprint density at radius 2 is 0.784 bits per heavy atom. The number of rotatable bonds is 9. The van der Waals surface area contributed by atoms with Gasteiger partial charge in [-0.25, -0.2) is 0 Å². The summed E-state index contributed by atoms with van der Waals surface area (Å²) in [6.45, 7) is 4.37. The fraction of sp³-hybridized carbons (Fsp3) is 0.273. The van der Waals surface area contributed by atoms with Gasteiger partial charge >= 0.3 is 0 Å². The maximum Gasteiger partial charge on any atom is 0.115 e. The van der Waals surface area contributed by atoms with Crippen molar-refractivity contribution in [1.29, 1.82) is 0 Å². The highest BCUT2D eigenvalue weighted by Crippen LogP contribution is 2.37. The fourth-order valence-electron chi connectivity index (χ4n) is 4.60. The molecule has 0 aliphatic carbocycles. The van der Waals surface area contributed by atoms with Gasteiger partial charge in [0.15, 0.2) is 0 Å². The quantitative estimate of drug-likeness (QED) is 0.177. The summed E-state index contributed by atoms with van der Waals surface area (Å²) in [5.41, 5.74) is 4.78. The molecule has 4 heteroatoms. The molecule has 4 nitrogen and oxygen atoms in total. The molecule has 0 aliphatic rings. The van der Waals surface area contributed by atoms with Gasteiger partial charge in [0, 0.05) is 5.41 Å². The van der Waals surface area contributed by atoms with Crippen molar-refractivity contribution in [1.82, 2.24) is 0 Å². The molecule has 0 spiro atoms. The van der Waals surface area contributed by atoms with Gasteiger partial charge in [-0.05, 0) is 103 Å². The normalized spacial score (nSPS) is 11.0. The summed E-state index contributed by atoms with van der Waals surface area (Å²) in [4.78, 5) is 0. The Kier molecular flexibility index (Phi) is 10.0. The standard InChI is InChI=1S/C17H20O2.C16H18O2/c1-3-12-17(2,13-4-8-15(18)9-5-13)14-6-10-16(19)11-7-14;17-15-9-5-13(6-10-15)3-1-2-4-14-7-11-16(18)12-8-14/h4-11,18-19H,3,12H2,1-2H3;5-12,17-18H,1-4H2. The van der Waals surface area contributed by atoms with Gasteiger partial charge in [0.05, 0.1) is 0 Å². The molecule has 4 aromatic carbocycles. The zero-order valence-electron chi connectivity index (χ0n) is 21.8. The molecule has 0 aliphatic heterocycles. The molecule has 194 valence electrons. The number of unbranched alkanes of at least 4 members (excludes halogenated alkanes) is 1. The Labute approximate surface area is 220 Å². The van der Waals surface area contributed by atoms with E-state index in [9.17, 15) is 20.4 Å². The Hall–Kier alpha value is -3.92. The van der Waals surface area contributed by atoms with Gasteiger partial charge in [0.2, 0.25) is 0 Å². The zero-order valence-corrected chi connectivity index (χ0v) is 21.8. The van der Waals surface area contributed by atoms with Crippen molar-refractivity contribution in [3.63, 3.8) is 0 Å². The Bertz CT molecular complexity index is 1100. The number of phenols is 4. The van der Waals surface area contributed by atoms with Crippen molar-refractivity contribution in [3.05, 3.63) is 119 Å². The molecular weight excluding hydrogens is 460 g/mol. The second-order valence-electron chi connectivity index (χ2n) is 9.72. The molecule has 4 aromatic rings. The van der Waals surface area contributed by atoms with Crippen molar-refractivity contribution in [2.24, 2.45) is 0 Å². The van der Waals surface area contributed by atoms with E-state index in [1.165, 1.54) is 22.3 Å². The van der Waals surface area contributed by atoms with E-state index < -0.39 is 0 Å². The summed E-state index contributed by atoms with van der Waals surface area (Å²) in [6.07, 6.45) is 6.43. The van der Waals surface area contributed by atoms with Crippen LogP contribution in [0.4, 0.5) is 0 Å². The lowest BCUT2D eigenvalue weighted by molar-refractivity contribution is 0.469. The SMILES string of the molecule is CCCC(C)(c1ccc(O)cc1)c1ccc(O)cc1.Oc1ccc(CCCCc2ccc(O)cc2)cc1. The second kappa shape index (κ2) is 13.4. The van der Waals surface area contributed by atoms with Crippen molar-refractivity contribution >= 4 is 0 Å². The largest absolute Gasteiger partial charge is 0.508 e. The predicted octanol–water partition coefficient (Wildman–Crippen LogP) is 7.87. The van der Waals surface area contributed by atoms with Crippen LogP contribution >= 0.6 is 0 Å². The van der Waals surface area contributed by atoms with Crippen molar-refractivity contribution in [2.45, 2.75) is 57.8 Å². The Morgan fingerprint density at radius 1 is 0.486 bits per heavy atom. The average Bonchev–Trinajstić information content (AvgIpc) is 2.90. The molecule has 0 radical (unpaired) electrons. The van der Waals surface area contributed by atoms with E-state index in [-0.39, 0.29) is 16.9 Å². The van der Waals surface area contributed by atoms with Crippen LogP contribution in [0.15, 0.2) is 97.1 Å². The van der Waals surface area contributed by atoms with E-state index in [0.29, 0.717) is 11.5 Å². The minimum Gasteiger partial charge on any atom is -0.508 e. The van der Waals surface area contributed by atoms with Crippen LogP contribution in [0, 0.1) is 0 Å². The van der Waals surface area contributed by atoms with E-state index in [0.717, 1.165) is 38.5 Å². The lowest BCUT2D eigenvalue weighted by Crippen LogP contribution is -2.23. The van der Waals surface area contributed by atoms with Gasteiger partial charge in [-0.3, -0.25) is 0 Å². The number of benzene rings is 4. The first-order valence-electron chi connectivity index (χ1n) is 12.9. The zero-order chi connectivity index (χ0) is 26.7. The van der Waals surface area contributed by atoms with Crippen molar-refractivity contribution < 1.29 is 20.4 Å². The number of aryl methyl sites for hydroxylation is 2. The first kappa shape index (κ1) is 27.7. The van der Waals surface area contributed by atoms with Gasteiger partial charge < -0.3 is 20.4 Å². The highest BCUT2D eigenvalue weighted by molar-refractivity contribution is 5.42. The van der Waals surface area contributed by atoms with Gasteiger partial charge in [-0.15, -0.1) is 0 Å². The lowest BCUT2D eigenvalue weighted by atomic mass is 9.73. The Morgan fingerprint density at radius 3 is 1.08 bits per heavy atom. The van der Waals surface area contributed by atoms with Crippen LogP contribution in [0.3, 0.4) is 0 Å². The number of hydrogen-bond donors (Lipinski definition) is 4. The molecule has 0 amide bonds. The fourth-order valence-corrected chi connectivity index (χ4v) is 4.60. The summed E-state index contributed by atoms with van der Waals surface area (Å²) in [5.74, 6) is 1.22. The van der Waals surface area contributed by atoms with Crippen LogP contribution in [-0.4, -0.2) is 20.4 Å². The van der Waals surface area contributed by atoms with Gasteiger partial charge in [-0.1, -0.05) is 68.8 Å². The second-order valence-corrected chi connectivity index (χ2v) is 9.72. The smallest absolute Gasteiger partial charge is 0.115 e. The van der Waals surface area contributed by atoms with E-state index >= 15 is 0 Å². The molecule has 4 rings (SSSR count). The third-order valence-electron chi connectivity index (χ3n) is 6.81. The highest BCUT2D eigenvalue weighted by atomic mass is 16.3. The summed E-state index contributed by atoms with van der Waals surface area (Å²) in [5, 5.41) is 37.2. The summed E-state index contributed by atoms with van der Waals surface area (Å²) in [6, 6.07) is 29.6. The monoisotopic (exact) mass is 498 g/mol. The van der Waals surface area contributed by atoms with E-state index in [1.807, 2.05) is 48.5 Å². The third kappa shape index (κ3) is 8.32.